The number of ether oxygens (including phenoxy) is 2. The number of fused-ring (bicyclic) bond motifs is 4. The lowest BCUT2D eigenvalue weighted by atomic mass is 9.40. The molecule has 1 saturated heterocycles. The highest BCUT2D eigenvalue weighted by Crippen LogP contribution is 2.68. The van der Waals surface area contributed by atoms with E-state index in [1.807, 2.05) is 50.4 Å². The quantitative estimate of drug-likeness (QED) is 0.166. The second kappa shape index (κ2) is 18.7. The Morgan fingerprint density at radius 3 is 2.35 bits per heavy atom. The molecular formula is C55H82N4O5S. The molecule has 1 aromatic carbocycles. The molecule has 6 aliphatic rings. The van der Waals surface area contributed by atoms with E-state index in [0.717, 1.165) is 37.2 Å². The van der Waals surface area contributed by atoms with Gasteiger partial charge in [-0.15, -0.1) is 0 Å². The largest absolute Gasteiger partial charge is 0.477 e. The summed E-state index contributed by atoms with van der Waals surface area (Å²) in [5, 5.41) is 8.94. The Hall–Kier alpha value is -3.21. The third-order valence-electron chi connectivity index (χ3n) is 19.0. The predicted octanol–water partition coefficient (Wildman–Crippen LogP) is 10.8. The summed E-state index contributed by atoms with van der Waals surface area (Å²) in [6.07, 6.45) is 19.4. The SMILES string of the molecule is C=C(C)[C@@H]1CC[C@]2(NCCN3CCS(=O)(=O)CC3)CC[C@@H](C)[C@]3(C)CCC4C(C)(C)C(C5=CCC(COc6cc(-c7ccccc7)nn6C)(C(=O)OCC)CC5)=CC[C@]4(C)C3CCCC12. The van der Waals surface area contributed by atoms with Gasteiger partial charge in [0, 0.05) is 50.4 Å². The first-order valence-corrected chi connectivity index (χ1v) is 27.3. The molecule has 0 bridgehead atoms. The van der Waals surface area contributed by atoms with Crippen LogP contribution in [0.1, 0.15) is 132 Å². The molecule has 1 aliphatic heterocycles. The van der Waals surface area contributed by atoms with Gasteiger partial charge in [-0.25, -0.2) is 13.1 Å². The molecule has 9 nitrogen and oxygen atoms in total. The maximum Gasteiger partial charge on any atom is 0.315 e. The Labute approximate surface area is 392 Å². The van der Waals surface area contributed by atoms with Crippen molar-refractivity contribution >= 4 is 15.8 Å². The summed E-state index contributed by atoms with van der Waals surface area (Å²) in [7, 11) is -0.984. The van der Waals surface area contributed by atoms with Crippen molar-refractivity contribution < 1.29 is 22.7 Å². The molecule has 5 aliphatic carbocycles. The van der Waals surface area contributed by atoms with Gasteiger partial charge in [0.05, 0.1) is 23.8 Å². The third kappa shape index (κ3) is 9.24. The molecule has 10 heteroatoms. The number of benzene rings is 1. The zero-order valence-corrected chi connectivity index (χ0v) is 42.2. The molecule has 4 unspecified atom stereocenters. The number of aryl methyl sites for hydroxylation is 1. The van der Waals surface area contributed by atoms with Crippen LogP contribution in [0.25, 0.3) is 11.3 Å². The van der Waals surface area contributed by atoms with E-state index in [9.17, 15) is 13.2 Å². The summed E-state index contributed by atoms with van der Waals surface area (Å²) < 4.78 is 38.3. The van der Waals surface area contributed by atoms with Gasteiger partial charge in [-0.1, -0.05) is 95.7 Å². The number of carbonyl (C=O) groups excluding carboxylic acids is 1. The number of allylic oxidation sites excluding steroid dienone is 5. The van der Waals surface area contributed by atoms with Crippen LogP contribution < -0.4 is 10.1 Å². The summed E-state index contributed by atoms with van der Waals surface area (Å²) in [6.45, 7) is 25.5. The Morgan fingerprint density at radius 1 is 0.923 bits per heavy atom. The number of carbonyl (C=O) groups is 1. The average molecular weight is 911 g/mol. The minimum absolute atomic E-state index is 0.00974. The van der Waals surface area contributed by atoms with Crippen molar-refractivity contribution in [1.82, 2.24) is 20.0 Å². The number of nitrogens with zero attached hydrogens (tertiary/aromatic N) is 3. The third-order valence-corrected chi connectivity index (χ3v) is 20.6. The van der Waals surface area contributed by atoms with E-state index in [4.69, 9.17) is 14.6 Å². The number of hydrogen-bond acceptors (Lipinski definition) is 8. The Kier molecular flexibility index (Phi) is 13.9. The summed E-state index contributed by atoms with van der Waals surface area (Å²) in [5.74, 6) is 4.04. The van der Waals surface area contributed by atoms with E-state index < -0.39 is 15.3 Å². The van der Waals surface area contributed by atoms with Crippen molar-refractivity contribution in [3.05, 3.63) is 71.8 Å². The van der Waals surface area contributed by atoms with Gasteiger partial charge in [0.1, 0.15) is 12.0 Å². The topological polar surface area (TPSA) is 103 Å². The lowest BCUT2D eigenvalue weighted by molar-refractivity contribution is -0.158. The molecule has 358 valence electrons. The number of esters is 1. The first kappa shape index (κ1) is 48.3. The lowest BCUT2D eigenvalue weighted by Crippen LogP contribution is -2.57. The first-order valence-electron chi connectivity index (χ1n) is 25.5. The van der Waals surface area contributed by atoms with Crippen molar-refractivity contribution in [2.75, 3.05) is 50.9 Å². The molecule has 2 aromatic rings. The van der Waals surface area contributed by atoms with Crippen LogP contribution in [-0.2, 0) is 26.4 Å². The smallest absolute Gasteiger partial charge is 0.315 e. The molecule has 2 heterocycles. The van der Waals surface area contributed by atoms with E-state index in [1.54, 1.807) is 4.68 Å². The summed E-state index contributed by atoms with van der Waals surface area (Å²) in [5.41, 5.74) is 6.00. The van der Waals surface area contributed by atoms with Crippen molar-refractivity contribution in [3.8, 4) is 17.1 Å². The molecule has 0 spiro atoms. The molecule has 0 amide bonds. The highest BCUT2D eigenvalue weighted by molar-refractivity contribution is 7.91. The molecule has 9 atom stereocenters. The second-order valence-electron chi connectivity index (χ2n) is 22.8. The van der Waals surface area contributed by atoms with Gasteiger partial charge in [-0.05, 0) is 148 Å². The number of rotatable bonds is 12. The standard InChI is InChI=1S/C55H82N4O5S/c1-10-63-50(60)54(38-64-49-37-46(57-58(49)9)42-15-12-11-13-16-42)27-20-41(21-28-54)44-23-25-53(8)47(51(44,5)6)24-26-52(7)40(4)19-29-55(56-31-32-59-33-35-65(61,62)36-34-59)30-22-43(39(2)3)45(55)17-14-18-48(52)53/h11-13,15-16,20,23,37,40,43,45,47-48,56H,2,10,14,17-19,21-22,24-36,38H2,1,3-9H3/t40-,43+,45?,47?,48?,52+,53+,54?,55-/m1/s1. The van der Waals surface area contributed by atoms with Crippen LogP contribution in [0, 0.1) is 51.2 Å². The lowest BCUT2D eigenvalue weighted by Gasteiger charge is -2.64. The first-order chi connectivity index (χ1) is 30.9. The molecule has 65 heavy (non-hydrogen) atoms. The number of aromatic nitrogens is 2. The molecule has 8 rings (SSSR count). The average Bonchev–Trinajstić information content (AvgIpc) is 3.83. The van der Waals surface area contributed by atoms with Crippen LogP contribution in [0.2, 0.25) is 0 Å². The Balaban J connectivity index is 0.992. The van der Waals surface area contributed by atoms with Gasteiger partial charge in [0.15, 0.2) is 9.84 Å². The van der Waals surface area contributed by atoms with Crippen molar-refractivity contribution in [2.45, 2.75) is 137 Å². The van der Waals surface area contributed by atoms with Gasteiger partial charge in [0.25, 0.3) is 0 Å². The van der Waals surface area contributed by atoms with Crippen molar-refractivity contribution in [1.29, 1.82) is 0 Å². The van der Waals surface area contributed by atoms with Crippen molar-refractivity contribution in [3.63, 3.8) is 0 Å². The number of sulfone groups is 1. The van der Waals surface area contributed by atoms with Crippen LogP contribution in [-0.4, -0.2) is 85.5 Å². The maximum absolute atomic E-state index is 13.8. The van der Waals surface area contributed by atoms with Crippen molar-refractivity contribution in [2.24, 2.45) is 58.3 Å². The molecule has 3 saturated carbocycles. The van der Waals surface area contributed by atoms with Gasteiger partial charge in [-0.2, -0.15) is 5.10 Å². The van der Waals surface area contributed by atoms with Gasteiger partial charge in [0.2, 0.25) is 5.88 Å². The highest BCUT2D eigenvalue weighted by Gasteiger charge is 2.61. The zero-order valence-electron chi connectivity index (χ0n) is 41.4. The van der Waals surface area contributed by atoms with E-state index >= 15 is 0 Å². The minimum atomic E-state index is -2.88. The van der Waals surface area contributed by atoms with Crippen LogP contribution in [0.3, 0.4) is 0 Å². The number of nitrogens with one attached hydrogen (secondary N) is 1. The Bertz CT molecular complexity index is 2220. The fraction of sp³-hybridized carbons (Fsp3) is 0.709. The van der Waals surface area contributed by atoms with E-state index in [-0.39, 0.29) is 34.4 Å². The summed E-state index contributed by atoms with van der Waals surface area (Å²) in [6, 6.07) is 12.1. The highest BCUT2D eigenvalue weighted by atomic mass is 32.2. The van der Waals surface area contributed by atoms with Gasteiger partial charge in [-0.3, -0.25) is 4.79 Å². The minimum Gasteiger partial charge on any atom is -0.477 e. The molecule has 0 radical (unpaired) electrons. The van der Waals surface area contributed by atoms with Crippen LogP contribution in [0.5, 0.6) is 5.88 Å². The van der Waals surface area contributed by atoms with Crippen LogP contribution >= 0.6 is 0 Å². The second-order valence-corrected chi connectivity index (χ2v) is 25.1. The fourth-order valence-corrected chi connectivity index (χ4v) is 16.3. The van der Waals surface area contributed by atoms with Crippen LogP contribution in [0.15, 0.2) is 71.8 Å². The molecule has 1 N–H and O–H groups in total. The fourth-order valence-electron chi connectivity index (χ4n) is 15.0. The van der Waals surface area contributed by atoms with E-state index in [1.165, 1.54) is 74.5 Å². The molecular weight excluding hydrogens is 829 g/mol. The molecule has 4 fully saturated rings. The normalized spacial score (nSPS) is 36.0. The summed E-state index contributed by atoms with van der Waals surface area (Å²) >= 11 is 0. The van der Waals surface area contributed by atoms with E-state index in [2.05, 4.69) is 70.5 Å². The number of hydrogen-bond donors (Lipinski definition) is 1. The summed E-state index contributed by atoms with van der Waals surface area (Å²) in [4.78, 5) is 16.2. The van der Waals surface area contributed by atoms with Crippen LogP contribution in [0.4, 0.5) is 0 Å². The zero-order chi connectivity index (χ0) is 46.4. The molecule has 1 aromatic heterocycles. The van der Waals surface area contributed by atoms with Gasteiger partial charge < -0.3 is 19.7 Å². The Morgan fingerprint density at radius 2 is 1.66 bits per heavy atom. The monoisotopic (exact) mass is 911 g/mol. The predicted molar refractivity (Wildman–Crippen MR) is 263 cm³/mol. The van der Waals surface area contributed by atoms with Gasteiger partial charge >= 0.3 is 5.97 Å². The van der Waals surface area contributed by atoms with E-state index in [0.29, 0.717) is 79.5 Å². The maximum atomic E-state index is 13.8.